The van der Waals surface area contributed by atoms with Crippen molar-refractivity contribution < 1.29 is 0 Å². The minimum absolute atomic E-state index is 0.385. The van der Waals surface area contributed by atoms with E-state index >= 15 is 0 Å². The van der Waals surface area contributed by atoms with Crippen molar-refractivity contribution in [1.29, 1.82) is 0 Å². The van der Waals surface area contributed by atoms with Crippen molar-refractivity contribution >= 4 is 22.6 Å². The molecule has 1 aliphatic heterocycles. The first-order valence-corrected chi connectivity index (χ1v) is 6.54. The minimum Gasteiger partial charge on any atom is -0.299 e. The van der Waals surface area contributed by atoms with Gasteiger partial charge in [0.15, 0.2) is 0 Å². The van der Waals surface area contributed by atoms with Crippen LogP contribution >= 0.6 is 22.6 Å². The molecule has 0 fully saturated rings. The Balaban J connectivity index is 2.48. The molecule has 0 saturated carbocycles. The fourth-order valence-corrected chi connectivity index (χ4v) is 2.40. The van der Waals surface area contributed by atoms with Crippen molar-refractivity contribution in [3.05, 3.63) is 11.6 Å². The normalized spacial score (nSPS) is 20.2. The van der Waals surface area contributed by atoms with Gasteiger partial charge < -0.3 is 0 Å². The van der Waals surface area contributed by atoms with Crippen LogP contribution in [0.5, 0.6) is 0 Å². The maximum absolute atomic E-state index is 2.53. The molecule has 0 saturated heterocycles. The molecule has 0 aromatic heterocycles. The topological polar surface area (TPSA) is 3.24 Å². The summed E-state index contributed by atoms with van der Waals surface area (Å²) in [7, 11) is 0. The third kappa shape index (κ3) is 3.58. The van der Waals surface area contributed by atoms with Crippen LogP contribution in [0.15, 0.2) is 11.6 Å². The van der Waals surface area contributed by atoms with Gasteiger partial charge in [-0.2, -0.15) is 0 Å². The molecule has 76 valence electrons. The number of hydrogen-bond donors (Lipinski definition) is 0. The summed E-state index contributed by atoms with van der Waals surface area (Å²) in [4.78, 5) is 2.53. The van der Waals surface area contributed by atoms with Gasteiger partial charge in [-0.15, -0.1) is 0 Å². The third-order valence-electron chi connectivity index (χ3n) is 2.66. The number of hydrogen-bond acceptors (Lipinski definition) is 1. The number of rotatable bonds is 2. The Labute approximate surface area is 95.7 Å². The van der Waals surface area contributed by atoms with Crippen LogP contribution in [0, 0.1) is 5.41 Å². The van der Waals surface area contributed by atoms with Gasteiger partial charge in [0, 0.05) is 24.1 Å². The standard InChI is InChI=1S/C11H20IN/c1-11(2,3)10-4-7-13(8-5-10)9-6-12/h4H,5-9H2,1-3H3. The Hall–Kier alpha value is 0.430. The Bertz CT molecular complexity index is 191. The van der Waals surface area contributed by atoms with Crippen molar-refractivity contribution in [2.75, 3.05) is 24.1 Å². The Morgan fingerprint density at radius 3 is 2.54 bits per heavy atom. The third-order valence-corrected chi connectivity index (χ3v) is 3.14. The van der Waals surface area contributed by atoms with Crippen molar-refractivity contribution in [2.24, 2.45) is 5.41 Å². The van der Waals surface area contributed by atoms with Crippen LogP contribution in [0.4, 0.5) is 0 Å². The lowest BCUT2D eigenvalue weighted by molar-refractivity contribution is 0.296. The van der Waals surface area contributed by atoms with Gasteiger partial charge in [-0.3, -0.25) is 4.90 Å². The summed E-state index contributed by atoms with van der Waals surface area (Å²) in [5.41, 5.74) is 2.02. The van der Waals surface area contributed by atoms with Crippen LogP contribution in [0.3, 0.4) is 0 Å². The van der Waals surface area contributed by atoms with E-state index in [0.717, 1.165) is 6.54 Å². The number of halogens is 1. The second kappa shape index (κ2) is 4.78. The van der Waals surface area contributed by atoms with Crippen LogP contribution in [0.2, 0.25) is 0 Å². The fraction of sp³-hybridized carbons (Fsp3) is 0.818. The average molecular weight is 293 g/mol. The van der Waals surface area contributed by atoms with E-state index < -0.39 is 0 Å². The van der Waals surface area contributed by atoms with Gasteiger partial charge >= 0.3 is 0 Å². The Kier molecular flexibility index (Phi) is 4.23. The van der Waals surface area contributed by atoms with Crippen LogP contribution in [-0.2, 0) is 0 Å². The van der Waals surface area contributed by atoms with Gasteiger partial charge in [0.2, 0.25) is 0 Å². The van der Waals surface area contributed by atoms with Gasteiger partial charge in [0.25, 0.3) is 0 Å². The highest BCUT2D eigenvalue weighted by atomic mass is 127. The molecule has 1 heterocycles. The Morgan fingerprint density at radius 2 is 2.15 bits per heavy atom. The molecule has 0 amide bonds. The van der Waals surface area contributed by atoms with E-state index in [1.807, 2.05) is 0 Å². The van der Waals surface area contributed by atoms with E-state index in [4.69, 9.17) is 0 Å². The summed E-state index contributed by atoms with van der Waals surface area (Å²) in [6, 6.07) is 0. The molecule has 0 unspecified atom stereocenters. The summed E-state index contributed by atoms with van der Waals surface area (Å²) >= 11 is 2.45. The molecule has 0 aromatic rings. The molecule has 0 atom stereocenters. The Morgan fingerprint density at radius 1 is 1.46 bits per heavy atom. The number of nitrogens with zero attached hydrogens (tertiary/aromatic N) is 1. The van der Waals surface area contributed by atoms with Crippen LogP contribution in [0.25, 0.3) is 0 Å². The molecule has 13 heavy (non-hydrogen) atoms. The zero-order chi connectivity index (χ0) is 9.90. The van der Waals surface area contributed by atoms with Crippen LogP contribution in [0.1, 0.15) is 27.2 Å². The molecular weight excluding hydrogens is 273 g/mol. The van der Waals surface area contributed by atoms with Crippen molar-refractivity contribution in [3.8, 4) is 0 Å². The zero-order valence-corrected chi connectivity index (χ0v) is 11.1. The summed E-state index contributed by atoms with van der Waals surface area (Å²) in [5, 5.41) is 0. The van der Waals surface area contributed by atoms with Crippen LogP contribution < -0.4 is 0 Å². The molecule has 2 heteroatoms. The van der Waals surface area contributed by atoms with E-state index in [-0.39, 0.29) is 0 Å². The molecule has 0 aliphatic carbocycles. The summed E-state index contributed by atoms with van der Waals surface area (Å²) in [6.45, 7) is 10.6. The molecule has 0 N–H and O–H groups in total. The molecule has 1 rings (SSSR count). The summed E-state index contributed by atoms with van der Waals surface area (Å²) < 4.78 is 1.25. The monoisotopic (exact) mass is 293 g/mol. The SMILES string of the molecule is CC(C)(C)C1=CCN(CCI)CC1. The largest absolute Gasteiger partial charge is 0.299 e. The van der Waals surface area contributed by atoms with Gasteiger partial charge in [-0.25, -0.2) is 0 Å². The predicted molar refractivity (Wildman–Crippen MR) is 67.5 cm³/mol. The second-order valence-corrected chi connectivity index (χ2v) is 5.80. The molecule has 0 radical (unpaired) electrons. The lowest BCUT2D eigenvalue weighted by Crippen LogP contribution is -2.32. The fourth-order valence-electron chi connectivity index (χ4n) is 1.72. The zero-order valence-electron chi connectivity index (χ0n) is 8.94. The first-order valence-electron chi connectivity index (χ1n) is 5.02. The maximum atomic E-state index is 2.53. The van der Waals surface area contributed by atoms with Crippen molar-refractivity contribution in [1.82, 2.24) is 4.90 Å². The van der Waals surface area contributed by atoms with Gasteiger partial charge in [0.05, 0.1) is 0 Å². The lowest BCUT2D eigenvalue weighted by Gasteiger charge is -2.31. The highest BCUT2D eigenvalue weighted by molar-refractivity contribution is 14.1. The maximum Gasteiger partial charge on any atom is 0.0166 e. The predicted octanol–water partition coefficient (Wildman–Crippen LogP) is 3.10. The molecule has 0 bridgehead atoms. The molecule has 0 spiro atoms. The molecular formula is C11H20IN. The quantitative estimate of drug-likeness (QED) is 0.429. The van der Waals surface area contributed by atoms with Gasteiger partial charge in [-0.05, 0) is 11.8 Å². The summed E-state index contributed by atoms with van der Waals surface area (Å²) in [6.07, 6.45) is 3.69. The first kappa shape index (κ1) is 11.5. The number of alkyl halides is 1. The molecule has 1 aliphatic rings. The van der Waals surface area contributed by atoms with E-state index in [2.05, 4.69) is 54.3 Å². The minimum atomic E-state index is 0.385. The summed E-state index contributed by atoms with van der Waals surface area (Å²) in [5.74, 6) is 0. The van der Waals surface area contributed by atoms with E-state index in [1.54, 1.807) is 5.57 Å². The lowest BCUT2D eigenvalue weighted by atomic mass is 9.83. The molecule has 0 aromatic carbocycles. The van der Waals surface area contributed by atoms with E-state index in [0.29, 0.717) is 5.41 Å². The van der Waals surface area contributed by atoms with Gasteiger partial charge in [0.1, 0.15) is 0 Å². The van der Waals surface area contributed by atoms with Crippen molar-refractivity contribution in [2.45, 2.75) is 27.2 Å². The van der Waals surface area contributed by atoms with E-state index in [1.165, 1.54) is 23.9 Å². The first-order chi connectivity index (χ1) is 6.04. The highest BCUT2D eigenvalue weighted by Crippen LogP contribution is 2.29. The second-order valence-electron chi connectivity index (χ2n) is 4.72. The van der Waals surface area contributed by atoms with Crippen molar-refractivity contribution in [3.63, 3.8) is 0 Å². The van der Waals surface area contributed by atoms with Crippen LogP contribution in [-0.4, -0.2) is 29.0 Å². The molecule has 1 nitrogen and oxygen atoms in total. The van der Waals surface area contributed by atoms with Gasteiger partial charge in [-0.1, -0.05) is 55.0 Å². The highest BCUT2D eigenvalue weighted by Gasteiger charge is 2.20. The van der Waals surface area contributed by atoms with E-state index in [9.17, 15) is 0 Å². The smallest absolute Gasteiger partial charge is 0.0166 e. The average Bonchev–Trinajstić information content (AvgIpc) is 2.04.